The van der Waals surface area contributed by atoms with E-state index in [2.05, 4.69) is 105 Å². The molecule has 0 aliphatic rings. The summed E-state index contributed by atoms with van der Waals surface area (Å²) in [5, 5.41) is 114. The first kappa shape index (κ1) is 118. The SMILES string of the molecule is C[C@H](NC(=O)CN(CCN(CCN(CC(=O)O)CC(=O)O)CC(=O)O)CC(=O)O)C(=O)NCC(=O)N[C@@H](CS)C(=O)N[C@@H](CCCCN)C(=O)N[C@@H](CC(N)=O)C(=O)N[C@@H](Cc1ccccc1)C(=O)N[C@@H](Cc1ccccc1)C(=O)N[C@@H](Cc1c[nH]c2ccccc12)C(=O)N[C@@H](CCCCN)C(=O)N[C@H](C(=O)N[C@@H](Cc1ccccc1)C(=O)N[C@H](C(=O)N[C@@H](CO)C(=O)N[C@@H](CS)C(=O)O)[C@@H](C)O)[C@@H](C)O. The number of carboxylic acids is 5. The first-order valence-corrected chi connectivity index (χ1v) is 46.2. The molecular formula is C90H127N21O28S2. The van der Waals surface area contributed by atoms with Crippen molar-refractivity contribution in [1.82, 2.24) is 94.1 Å². The van der Waals surface area contributed by atoms with E-state index in [0.29, 0.717) is 33.2 Å². The highest BCUT2D eigenvalue weighted by Crippen LogP contribution is 2.21. The minimum Gasteiger partial charge on any atom is -0.480 e. The van der Waals surface area contributed by atoms with Crippen LogP contribution in [0.1, 0.15) is 88.0 Å². The third-order valence-corrected chi connectivity index (χ3v) is 22.4. The van der Waals surface area contributed by atoms with Crippen LogP contribution >= 0.6 is 25.3 Å². The molecule has 51 heteroatoms. The molecule has 141 heavy (non-hydrogen) atoms. The summed E-state index contributed by atoms with van der Waals surface area (Å²) in [6.07, 6.45) is -3.77. The molecule has 15 amide bonds. The number of thiol groups is 2. The summed E-state index contributed by atoms with van der Waals surface area (Å²) in [6.45, 7) is -2.62. The number of para-hydroxylation sites is 1. The third-order valence-electron chi connectivity index (χ3n) is 21.7. The third kappa shape index (κ3) is 42.8. The first-order valence-electron chi connectivity index (χ1n) is 45.0. The zero-order valence-electron chi connectivity index (χ0n) is 77.8. The van der Waals surface area contributed by atoms with Gasteiger partial charge in [-0.25, -0.2) is 4.79 Å². The molecule has 0 spiro atoms. The molecule has 0 saturated carbocycles. The number of hydrogen-bond acceptors (Lipinski definition) is 30. The number of H-pyrrole nitrogens is 1. The largest absolute Gasteiger partial charge is 0.480 e. The summed E-state index contributed by atoms with van der Waals surface area (Å²) in [6, 6.07) is 9.11. The second-order valence-corrected chi connectivity index (χ2v) is 33.9. The Morgan fingerprint density at radius 3 is 1.11 bits per heavy atom. The Morgan fingerprint density at radius 1 is 0.362 bits per heavy atom. The summed E-state index contributed by atoms with van der Waals surface area (Å²) in [5.74, 6) is -24.1. The quantitative estimate of drug-likeness (QED) is 0.0127. The number of aromatic amines is 1. The van der Waals surface area contributed by atoms with E-state index in [-0.39, 0.29) is 109 Å². The Balaban J connectivity index is 1.39. The van der Waals surface area contributed by atoms with Crippen LogP contribution in [0, 0.1) is 0 Å². The Labute approximate surface area is 821 Å². The molecular weight excluding hydrogens is 1890 g/mol. The van der Waals surface area contributed by atoms with Gasteiger partial charge in [-0.3, -0.25) is 106 Å². The number of amides is 15. The van der Waals surface area contributed by atoms with E-state index in [1.807, 2.05) is 0 Å². The van der Waals surface area contributed by atoms with Gasteiger partial charge in [0.05, 0.1) is 64.5 Å². The predicted molar refractivity (Wildman–Crippen MR) is 511 cm³/mol. The highest BCUT2D eigenvalue weighted by molar-refractivity contribution is 7.80. The predicted octanol–water partition coefficient (Wildman–Crippen LogP) is -8.05. The molecule has 49 nitrogen and oxygen atoms in total. The Morgan fingerprint density at radius 2 is 0.702 bits per heavy atom. The maximum absolute atomic E-state index is 15.5. The number of primary amides is 1. The van der Waals surface area contributed by atoms with Crippen molar-refractivity contribution in [2.75, 3.05) is 96.6 Å². The van der Waals surface area contributed by atoms with Crippen molar-refractivity contribution in [1.29, 1.82) is 0 Å². The summed E-state index contributed by atoms with van der Waals surface area (Å²) >= 11 is 8.12. The Bertz CT molecular complexity index is 5040. The van der Waals surface area contributed by atoms with Crippen LogP contribution < -0.4 is 91.6 Å². The number of fused-ring (bicyclic) bond motifs is 1. The van der Waals surface area contributed by atoms with Gasteiger partial charge in [0.15, 0.2) is 0 Å². The number of nitrogens with one attached hydrogen (secondary N) is 15. The van der Waals surface area contributed by atoms with Gasteiger partial charge in [-0.2, -0.15) is 25.3 Å². The number of carbonyl (C=O) groups excluding carboxylic acids is 15. The molecule has 0 aliphatic carbocycles. The van der Waals surface area contributed by atoms with Crippen LogP contribution in [0.15, 0.2) is 121 Å². The van der Waals surface area contributed by atoms with Crippen molar-refractivity contribution in [3.63, 3.8) is 0 Å². The minimum absolute atomic E-state index is 0.0937. The molecule has 1 aromatic heterocycles. The zero-order valence-corrected chi connectivity index (χ0v) is 79.6. The number of nitrogens with zero attached hydrogens (tertiary/aromatic N) is 3. The van der Waals surface area contributed by atoms with Crippen molar-refractivity contribution < 1.29 is 137 Å². The van der Waals surface area contributed by atoms with Crippen LogP contribution in [0.5, 0.6) is 0 Å². The van der Waals surface area contributed by atoms with Gasteiger partial charge < -0.3 is 137 Å². The second-order valence-electron chi connectivity index (χ2n) is 33.2. The maximum Gasteiger partial charge on any atom is 0.327 e. The molecule has 29 N–H and O–H groups in total. The van der Waals surface area contributed by atoms with Crippen molar-refractivity contribution in [2.45, 2.75) is 182 Å². The molecule has 1 heterocycles. The fourth-order valence-corrected chi connectivity index (χ4v) is 14.8. The van der Waals surface area contributed by atoms with Crippen LogP contribution in [0.25, 0.3) is 10.9 Å². The van der Waals surface area contributed by atoms with Crippen molar-refractivity contribution >= 4 is 155 Å². The lowest BCUT2D eigenvalue weighted by Crippen LogP contribution is -2.63. The summed E-state index contributed by atoms with van der Waals surface area (Å²) < 4.78 is 0. The first-order chi connectivity index (χ1) is 67.0. The molecule has 5 aromatic rings. The Hall–Kier alpha value is -13.8. The van der Waals surface area contributed by atoms with Gasteiger partial charge in [0.25, 0.3) is 0 Å². The number of aliphatic hydroxyl groups excluding tert-OH is 3. The van der Waals surface area contributed by atoms with Crippen molar-refractivity contribution in [3.05, 3.63) is 144 Å². The van der Waals surface area contributed by atoms with E-state index < -0.39 is 267 Å². The van der Waals surface area contributed by atoms with E-state index in [1.165, 1.54) is 11.8 Å². The Kier molecular flexibility index (Phi) is 51.4. The molecule has 0 fully saturated rings. The maximum atomic E-state index is 15.5. The molecule has 15 atom stereocenters. The van der Waals surface area contributed by atoms with Gasteiger partial charge in [-0.1, -0.05) is 109 Å². The number of aliphatic hydroxyl groups is 3. The zero-order chi connectivity index (χ0) is 105. The van der Waals surface area contributed by atoms with Crippen LogP contribution in [0.3, 0.4) is 0 Å². The molecule has 0 radical (unpaired) electrons. The van der Waals surface area contributed by atoms with E-state index in [4.69, 9.17) is 17.2 Å². The van der Waals surface area contributed by atoms with Gasteiger partial charge in [0.1, 0.15) is 78.5 Å². The second kappa shape index (κ2) is 61.6. The summed E-state index contributed by atoms with van der Waals surface area (Å²) in [4.78, 5) is 278. The van der Waals surface area contributed by atoms with E-state index in [9.17, 15) is 122 Å². The lowest BCUT2D eigenvalue weighted by Gasteiger charge is -2.29. The van der Waals surface area contributed by atoms with E-state index in [1.54, 1.807) is 121 Å². The van der Waals surface area contributed by atoms with Crippen LogP contribution in [0.2, 0.25) is 0 Å². The van der Waals surface area contributed by atoms with Crippen molar-refractivity contribution in [3.8, 4) is 0 Å². The van der Waals surface area contributed by atoms with Gasteiger partial charge in [0.2, 0.25) is 88.6 Å². The number of unbranched alkanes of at least 4 members (excludes halogenated alkanes) is 2. The molecule has 0 saturated heterocycles. The van der Waals surface area contributed by atoms with E-state index in [0.717, 1.165) is 23.6 Å². The van der Waals surface area contributed by atoms with Gasteiger partial charge in [0, 0.05) is 80.5 Å². The number of benzene rings is 4. The van der Waals surface area contributed by atoms with Crippen LogP contribution in [0.4, 0.5) is 0 Å². The number of hydrogen-bond donors (Lipinski definition) is 28. The normalized spacial score (nSPS) is 14.4. The summed E-state index contributed by atoms with van der Waals surface area (Å²) in [7, 11) is 0. The lowest BCUT2D eigenvalue weighted by molar-refractivity contribution is -0.143. The smallest absolute Gasteiger partial charge is 0.327 e. The average molecular weight is 2020 g/mol. The molecule has 0 bridgehead atoms. The fourth-order valence-electron chi connectivity index (χ4n) is 14.3. The number of nitrogens with two attached hydrogens (primary N) is 3. The standard InChI is InChI=1S/C90H127N21O28S2/c1-50(96-71(117)42-110(44-73(120)121)33-31-109(43-72(118)119)32-34-111(45-74(122)123)46-75(124)125)78(126)95-41-70(116)97-67(48-140)87(135)99-59(27-15-17-29-91)79(127)103-65(39-69(93)115)84(132)101-61(35-53-19-7-4-8-20-53)81(129)100-62(36-54-21-9-5-10-22-54)82(130)102-64(38-56-40-94-58-26-14-13-25-57(56)58)83(131)98-60(28-16-18-30-92)80(128)107-76(51(2)113)88(136)104-63(37-55-23-11-6-12-24-55)85(133)108-77(52(3)114)89(137)105-66(47-112)86(134)106-68(49-141)90(138)139/h4-14,19-26,40,50-52,59-68,76-77,94,112-114,140-141H,15-18,27-39,41-49,91-92H2,1-3H3,(H2,93,115)(H,95,126)(H,96,117)(H,97,116)(H,98,131)(H,99,135)(H,100,129)(H,101,132)(H,102,130)(H,103,127)(H,104,136)(H,105,137)(H,106,134)(H,107,128)(H,108,133)(H,118,119)(H,120,121)(H,122,123)(H,124,125)(H,138,139)/t50-,51+,52+,59-,60-,61-,62-,63-,64-,65-,66-,67-,68-,76-,77-/m0/s1. The fraction of sp³-hybridized carbons (Fsp3) is 0.489. The van der Waals surface area contributed by atoms with Gasteiger partial charge >= 0.3 is 29.8 Å². The number of carboxylic acid groups (broad SMARTS) is 5. The highest BCUT2D eigenvalue weighted by atomic mass is 32.1. The number of carbonyl (C=O) groups is 20. The molecule has 5 rings (SSSR count). The number of rotatable bonds is 67. The summed E-state index contributed by atoms with van der Waals surface area (Å²) in [5.41, 5.74) is 19.8. The molecule has 4 aromatic carbocycles. The van der Waals surface area contributed by atoms with Gasteiger partial charge in [-0.15, -0.1) is 0 Å². The monoisotopic (exact) mass is 2010 g/mol. The topological polar surface area (TPSA) is 775 Å². The van der Waals surface area contributed by atoms with Gasteiger partial charge in [-0.05, 0) is 101 Å². The number of aliphatic carboxylic acids is 5. The van der Waals surface area contributed by atoms with Crippen LogP contribution in [-0.2, 0) is 122 Å². The van der Waals surface area contributed by atoms with Crippen LogP contribution in [-0.4, -0.2) is 366 Å². The average Bonchev–Trinajstić information content (AvgIpc) is 1.70. The van der Waals surface area contributed by atoms with E-state index >= 15 is 14.4 Å². The molecule has 0 unspecified atom stereocenters. The molecule has 0 aliphatic heterocycles. The highest BCUT2D eigenvalue weighted by Gasteiger charge is 2.40. The number of aromatic nitrogens is 1. The lowest BCUT2D eigenvalue weighted by atomic mass is 10.00. The van der Waals surface area contributed by atoms with Crippen molar-refractivity contribution in [2.24, 2.45) is 17.2 Å². The molecule has 772 valence electrons. The minimum atomic E-state index is -1.95.